The van der Waals surface area contributed by atoms with Crippen LogP contribution in [0.2, 0.25) is 0 Å². The van der Waals surface area contributed by atoms with Crippen molar-refractivity contribution in [3.63, 3.8) is 0 Å². The summed E-state index contributed by atoms with van der Waals surface area (Å²) >= 11 is 3.51. The van der Waals surface area contributed by atoms with Crippen LogP contribution in [0.5, 0.6) is 0 Å². The van der Waals surface area contributed by atoms with Crippen LogP contribution >= 0.6 is 15.9 Å². The Labute approximate surface area is 116 Å². The van der Waals surface area contributed by atoms with E-state index in [2.05, 4.69) is 52.5 Å². The van der Waals surface area contributed by atoms with Gasteiger partial charge >= 0.3 is 0 Å². The second-order valence-electron chi connectivity index (χ2n) is 5.52. The number of nitrogens with two attached hydrogens (primary N) is 1. The van der Waals surface area contributed by atoms with Crippen LogP contribution in [0.15, 0.2) is 22.7 Å². The number of benzene rings is 1. The molecule has 0 spiro atoms. The van der Waals surface area contributed by atoms with Gasteiger partial charge in [0.2, 0.25) is 0 Å². The molecule has 2 aromatic rings. The fourth-order valence-electron chi connectivity index (χ4n) is 2.64. The largest absolute Gasteiger partial charge is 0.329 e. The quantitative estimate of drug-likeness (QED) is 0.945. The van der Waals surface area contributed by atoms with Gasteiger partial charge in [-0.15, -0.1) is 0 Å². The van der Waals surface area contributed by atoms with Crippen molar-refractivity contribution in [2.75, 3.05) is 6.54 Å². The molecule has 1 fully saturated rings. The molecule has 1 aliphatic rings. The molecule has 18 heavy (non-hydrogen) atoms. The van der Waals surface area contributed by atoms with E-state index in [-0.39, 0.29) is 5.41 Å². The highest BCUT2D eigenvalue weighted by atomic mass is 79.9. The van der Waals surface area contributed by atoms with E-state index in [4.69, 9.17) is 10.7 Å². The monoisotopic (exact) mass is 307 g/mol. The average Bonchev–Trinajstić information content (AvgIpc) is 3.03. The van der Waals surface area contributed by atoms with Gasteiger partial charge in [0.25, 0.3) is 0 Å². The van der Waals surface area contributed by atoms with Gasteiger partial charge in [-0.3, -0.25) is 0 Å². The van der Waals surface area contributed by atoms with Crippen molar-refractivity contribution >= 4 is 27.0 Å². The van der Waals surface area contributed by atoms with Crippen LogP contribution in [-0.2, 0) is 5.41 Å². The van der Waals surface area contributed by atoms with Crippen LogP contribution in [0, 0.1) is 0 Å². The third-order valence-electron chi connectivity index (χ3n) is 3.89. The summed E-state index contributed by atoms with van der Waals surface area (Å²) in [5.74, 6) is 1.17. The summed E-state index contributed by atoms with van der Waals surface area (Å²) in [5.41, 5.74) is 8.37. The Morgan fingerprint density at radius 3 is 2.72 bits per heavy atom. The summed E-state index contributed by atoms with van der Waals surface area (Å²) in [6, 6.07) is 6.72. The predicted molar refractivity (Wildman–Crippen MR) is 77.8 cm³/mol. The first-order chi connectivity index (χ1) is 8.57. The Balaban J connectivity index is 2.27. The lowest BCUT2D eigenvalue weighted by molar-refractivity contribution is 0.530. The molecule has 0 radical (unpaired) electrons. The van der Waals surface area contributed by atoms with Crippen LogP contribution < -0.4 is 5.73 Å². The topological polar surface area (TPSA) is 43.8 Å². The third-order valence-corrected chi connectivity index (χ3v) is 4.38. The van der Waals surface area contributed by atoms with Crippen LogP contribution in [0.25, 0.3) is 11.0 Å². The lowest BCUT2D eigenvalue weighted by Crippen LogP contribution is -2.25. The van der Waals surface area contributed by atoms with Crippen molar-refractivity contribution in [2.24, 2.45) is 5.73 Å². The molecule has 0 saturated heterocycles. The minimum absolute atomic E-state index is 0.135. The first-order valence-electron chi connectivity index (χ1n) is 6.45. The van der Waals surface area contributed by atoms with Crippen molar-refractivity contribution in [2.45, 2.75) is 38.1 Å². The molecule has 0 aliphatic heterocycles. The Morgan fingerprint density at radius 1 is 1.44 bits per heavy atom. The van der Waals surface area contributed by atoms with Gasteiger partial charge < -0.3 is 10.3 Å². The molecule has 1 heterocycles. The van der Waals surface area contributed by atoms with E-state index in [1.807, 2.05) is 0 Å². The van der Waals surface area contributed by atoms with Gasteiger partial charge in [-0.2, -0.15) is 0 Å². The Morgan fingerprint density at radius 2 is 2.17 bits per heavy atom. The lowest BCUT2D eigenvalue weighted by atomic mass is 10.1. The molecule has 0 unspecified atom stereocenters. The van der Waals surface area contributed by atoms with Crippen molar-refractivity contribution in [3.05, 3.63) is 28.5 Å². The molecule has 96 valence electrons. The highest BCUT2D eigenvalue weighted by Gasteiger charge is 2.47. The summed E-state index contributed by atoms with van der Waals surface area (Å²) in [7, 11) is 0. The SMILES string of the molecule is CC(C)n1c(C2(CN)CC2)nc2cc(Br)ccc21. The molecule has 1 aliphatic carbocycles. The van der Waals surface area contributed by atoms with E-state index in [0.29, 0.717) is 12.6 Å². The van der Waals surface area contributed by atoms with Gasteiger partial charge in [-0.1, -0.05) is 15.9 Å². The summed E-state index contributed by atoms with van der Waals surface area (Å²) in [5, 5.41) is 0. The third kappa shape index (κ3) is 1.70. The van der Waals surface area contributed by atoms with Gasteiger partial charge in [0.15, 0.2) is 0 Å². The standard InChI is InChI=1S/C14H18BrN3/c1-9(2)18-12-4-3-10(15)7-11(12)17-13(18)14(8-16)5-6-14/h3-4,7,9H,5-6,8,16H2,1-2H3. The van der Waals surface area contributed by atoms with Crippen LogP contribution in [0.1, 0.15) is 38.6 Å². The van der Waals surface area contributed by atoms with Gasteiger partial charge in [0, 0.05) is 22.5 Å². The molecule has 3 rings (SSSR count). The van der Waals surface area contributed by atoms with E-state index in [0.717, 1.165) is 9.99 Å². The molecule has 0 amide bonds. The van der Waals surface area contributed by atoms with Crippen LogP contribution in [-0.4, -0.2) is 16.1 Å². The first kappa shape index (κ1) is 12.2. The molecule has 4 heteroatoms. The number of nitrogens with zero attached hydrogens (tertiary/aromatic N) is 2. The van der Waals surface area contributed by atoms with Crippen molar-refractivity contribution in [1.82, 2.24) is 9.55 Å². The fraction of sp³-hybridized carbons (Fsp3) is 0.500. The summed E-state index contributed by atoms with van der Waals surface area (Å²) in [4.78, 5) is 4.85. The zero-order valence-electron chi connectivity index (χ0n) is 10.8. The van der Waals surface area contributed by atoms with Crippen LogP contribution in [0.3, 0.4) is 0 Å². The van der Waals surface area contributed by atoms with Gasteiger partial charge in [0.1, 0.15) is 5.82 Å². The number of halogens is 1. The molecule has 1 aromatic heterocycles. The van der Waals surface area contributed by atoms with E-state index >= 15 is 0 Å². The summed E-state index contributed by atoms with van der Waals surface area (Å²) in [6.45, 7) is 5.11. The lowest BCUT2D eigenvalue weighted by Gasteiger charge is -2.18. The van der Waals surface area contributed by atoms with Crippen molar-refractivity contribution in [3.8, 4) is 0 Å². The molecule has 3 nitrogen and oxygen atoms in total. The number of hydrogen-bond acceptors (Lipinski definition) is 2. The van der Waals surface area contributed by atoms with E-state index in [1.54, 1.807) is 0 Å². The number of aromatic nitrogens is 2. The molecular weight excluding hydrogens is 290 g/mol. The first-order valence-corrected chi connectivity index (χ1v) is 7.25. The van der Waals surface area contributed by atoms with Gasteiger partial charge in [-0.05, 0) is 44.9 Å². The van der Waals surface area contributed by atoms with E-state index < -0.39 is 0 Å². The van der Waals surface area contributed by atoms with Crippen LogP contribution in [0.4, 0.5) is 0 Å². The Bertz CT molecular complexity index is 596. The minimum Gasteiger partial charge on any atom is -0.329 e. The molecular formula is C14H18BrN3. The number of fused-ring (bicyclic) bond motifs is 1. The maximum atomic E-state index is 5.96. The maximum Gasteiger partial charge on any atom is 0.117 e. The second kappa shape index (κ2) is 4.07. The molecule has 0 bridgehead atoms. The number of imidazole rings is 1. The maximum absolute atomic E-state index is 5.96. The zero-order valence-corrected chi connectivity index (χ0v) is 12.4. The number of hydrogen-bond donors (Lipinski definition) is 1. The number of rotatable bonds is 3. The molecule has 2 N–H and O–H groups in total. The minimum atomic E-state index is 0.135. The Kier molecular flexibility index (Phi) is 2.75. The molecule has 0 atom stereocenters. The Hall–Kier alpha value is -0.870. The predicted octanol–water partition coefficient (Wildman–Crippen LogP) is 3.37. The highest BCUT2D eigenvalue weighted by molar-refractivity contribution is 9.10. The zero-order chi connectivity index (χ0) is 12.9. The van der Waals surface area contributed by atoms with Crippen molar-refractivity contribution < 1.29 is 0 Å². The molecule has 1 saturated carbocycles. The van der Waals surface area contributed by atoms with Gasteiger partial charge in [0.05, 0.1) is 11.0 Å². The van der Waals surface area contributed by atoms with E-state index in [1.165, 1.54) is 24.2 Å². The van der Waals surface area contributed by atoms with Gasteiger partial charge in [-0.25, -0.2) is 4.98 Å². The molecule has 1 aromatic carbocycles. The normalized spacial score (nSPS) is 17.6. The fourth-order valence-corrected chi connectivity index (χ4v) is 2.99. The highest BCUT2D eigenvalue weighted by Crippen LogP contribution is 2.48. The average molecular weight is 308 g/mol. The smallest absolute Gasteiger partial charge is 0.117 e. The summed E-state index contributed by atoms with van der Waals surface area (Å²) < 4.78 is 3.43. The second-order valence-corrected chi connectivity index (χ2v) is 6.43. The van der Waals surface area contributed by atoms with E-state index in [9.17, 15) is 0 Å². The summed E-state index contributed by atoms with van der Waals surface area (Å²) in [6.07, 6.45) is 2.33. The van der Waals surface area contributed by atoms with Crippen molar-refractivity contribution in [1.29, 1.82) is 0 Å².